The summed E-state index contributed by atoms with van der Waals surface area (Å²) in [6.45, 7) is 0.565. The Morgan fingerprint density at radius 1 is 1.44 bits per heavy atom. The van der Waals surface area contributed by atoms with Crippen molar-refractivity contribution in [2.75, 3.05) is 6.61 Å². The van der Waals surface area contributed by atoms with Crippen LogP contribution in [0.3, 0.4) is 0 Å². The van der Waals surface area contributed by atoms with E-state index in [0.717, 1.165) is 12.8 Å². The fourth-order valence-corrected chi connectivity index (χ4v) is 2.49. The summed E-state index contributed by atoms with van der Waals surface area (Å²) in [6.07, 6.45) is 7.51. The van der Waals surface area contributed by atoms with E-state index in [0.29, 0.717) is 12.5 Å². The van der Waals surface area contributed by atoms with Crippen molar-refractivity contribution in [2.45, 2.75) is 32.1 Å². The lowest BCUT2D eigenvalue weighted by molar-refractivity contribution is 0.0696. The number of halogens is 1. The molecule has 1 N–H and O–H groups in total. The molecule has 18 heavy (non-hydrogen) atoms. The number of hydrogen-bond donors (Lipinski definition) is 1. The lowest BCUT2D eigenvalue weighted by atomic mass is 9.90. The molecule has 1 heterocycles. The van der Waals surface area contributed by atoms with Crippen LogP contribution in [0.4, 0.5) is 0 Å². The third-order valence-electron chi connectivity index (χ3n) is 3.27. The molecule has 1 aromatic heterocycles. The van der Waals surface area contributed by atoms with Crippen LogP contribution in [0.1, 0.15) is 42.5 Å². The molecule has 1 saturated carbocycles. The first kappa shape index (κ1) is 13.1. The van der Waals surface area contributed by atoms with Gasteiger partial charge in [-0.15, -0.1) is 0 Å². The highest BCUT2D eigenvalue weighted by molar-refractivity contribution is 6.34. The minimum absolute atomic E-state index is 0.0327. The number of ether oxygens (including phenoxy) is 1. The number of aromatic nitrogens is 1. The molecule has 0 amide bonds. The van der Waals surface area contributed by atoms with Crippen molar-refractivity contribution < 1.29 is 14.6 Å². The van der Waals surface area contributed by atoms with Gasteiger partial charge in [-0.1, -0.05) is 30.9 Å². The Morgan fingerprint density at radius 3 is 2.83 bits per heavy atom. The number of nitrogens with zero attached hydrogens (tertiary/aromatic N) is 1. The fraction of sp³-hybridized carbons (Fsp3) is 0.538. The number of hydrogen-bond acceptors (Lipinski definition) is 3. The Morgan fingerprint density at radius 2 is 2.17 bits per heavy atom. The number of carboxylic acids is 1. The highest BCUT2D eigenvalue weighted by Crippen LogP contribution is 2.28. The van der Waals surface area contributed by atoms with Crippen LogP contribution in [0, 0.1) is 5.92 Å². The summed E-state index contributed by atoms with van der Waals surface area (Å²) >= 11 is 5.95. The van der Waals surface area contributed by atoms with Crippen molar-refractivity contribution in [3.63, 3.8) is 0 Å². The Balaban J connectivity index is 2.00. The zero-order valence-corrected chi connectivity index (χ0v) is 10.8. The zero-order chi connectivity index (χ0) is 13.0. The van der Waals surface area contributed by atoms with E-state index in [1.807, 2.05) is 0 Å². The second kappa shape index (κ2) is 6.05. The second-order valence-electron chi connectivity index (χ2n) is 4.60. The first-order valence-electron chi connectivity index (χ1n) is 6.19. The van der Waals surface area contributed by atoms with E-state index in [9.17, 15) is 4.79 Å². The van der Waals surface area contributed by atoms with Gasteiger partial charge in [0.25, 0.3) is 0 Å². The highest BCUT2D eigenvalue weighted by atomic mass is 35.5. The minimum Gasteiger partial charge on any atom is -0.478 e. The van der Waals surface area contributed by atoms with Crippen LogP contribution >= 0.6 is 11.6 Å². The molecule has 1 aliphatic rings. The summed E-state index contributed by atoms with van der Waals surface area (Å²) < 4.78 is 5.56. The Hall–Kier alpha value is -1.29. The molecule has 0 aromatic carbocycles. The minimum atomic E-state index is -1.06. The predicted octanol–water partition coefficient (Wildman–Crippen LogP) is 3.39. The molecule has 5 heteroatoms. The molecule has 0 unspecified atom stereocenters. The molecule has 0 saturated heterocycles. The SMILES string of the molecule is O=C(O)c1ccnc(OCC2CCCCC2)c1Cl. The normalized spacial score (nSPS) is 16.5. The second-order valence-corrected chi connectivity index (χ2v) is 4.98. The van der Waals surface area contributed by atoms with Crippen molar-refractivity contribution >= 4 is 17.6 Å². The molecule has 1 aliphatic carbocycles. The third-order valence-corrected chi connectivity index (χ3v) is 3.63. The van der Waals surface area contributed by atoms with Crippen molar-refractivity contribution in [3.8, 4) is 5.88 Å². The molecule has 0 bridgehead atoms. The Bertz CT molecular complexity index is 430. The van der Waals surface area contributed by atoms with Crippen molar-refractivity contribution in [2.24, 2.45) is 5.92 Å². The standard InChI is InChI=1S/C13H16ClNO3/c14-11-10(13(16)17)6-7-15-12(11)18-8-9-4-2-1-3-5-9/h6-7,9H,1-5,8H2,(H,16,17). The molecule has 0 atom stereocenters. The van der Waals surface area contributed by atoms with Crippen LogP contribution in [0.5, 0.6) is 5.88 Å². The summed E-state index contributed by atoms with van der Waals surface area (Å²) in [5.41, 5.74) is 0.0327. The van der Waals surface area contributed by atoms with Gasteiger partial charge in [0.05, 0.1) is 12.2 Å². The van der Waals surface area contributed by atoms with Crippen LogP contribution in [0.15, 0.2) is 12.3 Å². The summed E-state index contributed by atoms with van der Waals surface area (Å²) in [6, 6.07) is 1.37. The van der Waals surface area contributed by atoms with Gasteiger partial charge in [-0.25, -0.2) is 9.78 Å². The van der Waals surface area contributed by atoms with E-state index in [-0.39, 0.29) is 16.5 Å². The smallest absolute Gasteiger partial charge is 0.337 e. The summed E-state index contributed by atoms with van der Waals surface area (Å²) in [4.78, 5) is 14.9. The van der Waals surface area contributed by atoms with Gasteiger partial charge in [-0.3, -0.25) is 0 Å². The van der Waals surface area contributed by atoms with Gasteiger partial charge in [-0.2, -0.15) is 0 Å². The monoisotopic (exact) mass is 269 g/mol. The lowest BCUT2D eigenvalue weighted by Crippen LogP contribution is -2.16. The summed E-state index contributed by atoms with van der Waals surface area (Å²) in [5, 5.41) is 9.02. The number of rotatable bonds is 4. The number of pyridine rings is 1. The van der Waals surface area contributed by atoms with E-state index in [4.69, 9.17) is 21.4 Å². The number of carboxylic acid groups (broad SMARTS) is 1. The van der Waals surface area contributed by atoms with Gasteiger partial charge in [0.1, 0.15) is 5.02 Å². The molecule has 2 rings (SSSR count). The first-order chi connectivity index (χ1) is 8.68. The molecule has 4 nitrogen and oxygen atoms in total. The topological polar surface area (TPSA) is 59.4 Å². The van der Waals surface area contributed by atoms with E-state index in [1.165, 1.54) is 31.5 Å². The van der Waals surface area contributed by atoms with Gasteiger partial charge in [0.2, 0.25) is 5.88 Å². The van der Waals surface area contributed by atoms with Gasteiger partial charge >= 0.3 is 5.97 Å². The highest BCUT2D eigenvalue weighted by Gasteiger charge is 2.17. The molecule has 98 valence electrons. The van der Waals surface area contributed by atoms with Crippen LogP contribution in [0.25, 0.3) is 0 Å². The average Bonchev–Trinajstić information content (AvgIpc) is 2.38. The summed E-state index contributed by atoms with van der Waals surface area (Å²) in [7, 11) is 0. The molecule has 1 aromatic rings. The molecule has 0 spiro atoms. The first-order valence-corrected chi connectivity index (χ1v) is 6.57. The van der Waals surface area contributed by atoms with Crippen LogP contribution in [0.2, 0.25) is 5.02 Å². The molecule has 0 radical (unpaired) electrons. The van der Waals surface area contributed by atoms with E-state index in [1.54, 1.807) is 0 Å². The molecule has 1 fully saturated rings. The zero-order valence-electron chi connectivity index (χ0n) is 10.1. The Labute approximate surface area is 111 Å². The average molecular weight is 270 g/mol. The van der Waals surface area contributed by atoms with Crippen molar-refractivity contribution in [1.82, 2.24) is 4.98 Å². The quantitative estimate of drug-likeness (QED) is 0.910. The van der Waals surface area contributed by atoms with Crippen LogP contribution in [-0.4, -0.2) is 22.7 Å². The fourth-order valence-electron chi connectivity index (χ4n) is 2.24. The number of aromatic carboxylic acids is 1. The lowest BCUT2D eigenvalue weighted by Gasteiger charge is -2.21. The largest absolute Gasteiger partial charge is 0.478 e. The van der Waals surface area contributed by atoms with Gasteiger partial charge < -0.3 is 9.84 Å². The van der Waals surface area contributed by atoms with Gasteiger partial charge in [-0.05, 0) is 24.8 Å². The van der Waals surface area contributed by atoms with Crippen LogP contribution < -0.4 is 4.74 Å². The maximum atomic E-state index is 10.9. The van der Waals surface area contributed by atoms with Crippen molar-refractivity contribution in [1.29, 1.82) is 0 Å². The molecular formula is C13H16ClNO3. The van der Waals surface area contributed by atoms with E-state index < -0.39 is 5.97 Å². The van der Waals surface area contributed by atoms with E-state index >= 15 is 0 Å². The molecular weight excluding hydrogens is 254 g/mol. The van der Waals surface area contributed by atoms with Gasteiger partial charge in [0.15, 0.2) is 0 Å². The van der Waals surface area contributed by atoms with Crippen LogP contribution in [-0.2, 0) is 0 Å². The molecule has 0 aliphatic heterocycles. The maximum Gasteiger partial charge on any atom is 0.337 e. The summed E-state index contributed by atoms with van der Waals surface area (Å²) in [5.74, 6) is -0.308. The van der Waals surface area contributed by atoms with Gasteiger partial charge in [0, 0.05) is 6.20 Å². The Kier molecular flexibility index (Phi) is 4.42. The predicted molar refractivity (Wildman–Crippen MR) is 68.3 cm³/mol. The van der Waals surface area contributed by atoms with E-state index in [2.05, 4.69) is 4.98 Å². The number of carbonyl (C=O) groups is 1. The van der Waals surface area contributed by atoms with Crippen molar-refractivity contribution in [3.05, 3.63) is 22.8 Å². The maximum absolute atomic E-state index is 10.9. The third kappa shape index (κ3) is 3.13.